The van der Waals surface area contributed by atoms with Crippen molar-refractivity contribution in [1.29, 1.82) is 0 Å². The molecule has 0 heterocycles. The zero-order valence-electron chi connectivity index (χ0n) is 13.0. The second-order valence-corrected chi connectivity index (χ2v) is 5.59. The molecule has 0 spiro atoms. The number of benzene rings is 1. The van der Waals surface area contributed by atoms with Crippen LogP contribution in [0.25, 0.3) is 0 Å². The third-order valence-corrected chi connectivity index (χ3v) is 3.55. The summed E-state index contributed by atoms with van der Waals surface area (Å²) >= 11 is 0. The first-order valence-electron chi connectivity index (χ1n) is 7.77. The topological polar surface area (TPSA) is 47.6 Å². The van der Waals surface area contributed by atoms with Crippen LogP contribution in [0.3, 0.4) is 0 Å². The van der Waals surface area contributed by atoms with Crippen molar-refractivity contribution in [3.63, 3.8) is 0 Å². The summed E-state index contributed by atoms with van der Waals surface area (Å²) in [5.74, 6) is 1.61. The minimum Gasteiger partial charge on any atom is -0.493 e. The molecule has 1 aromatic carbocycles. The van der Waals surface area contributed by atoms with Crippen LogP contribution in [0.15, 0.2) is 18.2 Å². The number of carbonyl (C=O) groups excluding carboxylic acids is 1. The first-order chi connectivity index (χ1) is 10.2. The maximum absolute atomic E-state index is 11.2. The van der Waals surface area contributed by atoms with Gasteiger partial charge in [-0.1, -0.05) is 12.1 Å². The quantitative estimate of drug-likeness (QED) is 0.561. The van der Waals surface area contributed by atoms with Crippen LogP contribution < -0.4 is 10.1 Å². The number of ether oxygens (including phenoxy) is 2. The Balaban J connectivity index is 1.70. The molecule has 21 heavy (non-hydrogen) atoms. The van der Waals surface area contributed by atoms with Crippen LogP contribution in [0, 0.1) is 12.8 Å². The van der Waals surface area contributed by atoms with Gasteiger partial charge in [-0.25, -0.2) is 0 Å². The van der Waals surface area contributed by atoms with Gasteiger partial charge < -0.3 is 14.8 Å². The molecule has 0 saturated heterocycles. The monoisotopic (exact) mass is 291 g/mol. The van der Waals surface area contributed by atoms with Crippen molar-refractivity contribution in [2.75, 3.05) is 19.8 Å². The van der Waals surface area contributed by atoms with E-state index in [9.17, 15) is 4.79 Å². The first-order valence-corrected chi connectivity index (χ1v) is 7.77. The fraction of sp³-hybridized carbons (Fsp3) is 0.588. The highest BCUT2D eigenvalue weighted by atomic mass is 16.5. The predicted octanol–water partition coefficient (Wildman–Crippen LogP) is 2.83. The average Bonchev–Trinajstić information content (AvgIpc) is 3.27. The van der Waals surface area contributed by atoms with E-state index in [4.69, 9.17) is 9.47 Å². The molecule has 1 aromatic rings. The minimum atomic E-state index is -0.148. The van der Waals surface area contributed by atoms with Gasteiger partial charge in [0.05, 0.1) is 19.6 Å². The number of nitrogens with one attached hydrogen (secondary N) is 1. The Labute approximate surface area is 126 Å². The molecular weight excluding hydrogens is 266 g/mol. The summed E-state index contributed by atoms with van der Waals surface area (Å²) in [6, 6.07) is 6.26. The Bertz CT molecular complexity index is 469. The van der Waals surface area contributed by atoms with Gasteiger partial charge in [-0.05, 0) is 49.8 Å². The van der Waals surface area contributed by atoms with Crippen molar-refractivity contribution >= 4 is 5.97 Å². The molecule has 0 aliphatic heterocycles. The summed E-state index contributed by atoms with van der Waals surface area (Å²) in [5.41, 5.74) is 2.37. The van der Waals surface area contributed by atoms with Crippen LogP contribution in [-0.4, -0.2) is 25.7 Å². The molecule has 0 bridgehead atoms. The summed E-state index contributed by atoms with van der Waals surface area (Å²) in [7, 11) is 0. The van der Waals surface area contributed by atoms with E-state index in [2.05, 4.69) is 24.4 Å². The largest absolute Gasteiger partial charge is 0.493 e. The molecule has 0 amide bonds. The van der Waals surface area contributed by atoms with E-state index in [0.717, 1.165) is 24.8 Å². The van der Waals surface area contributed by atoms with Crippen molar-refractivity contribution in [2.45, 2.75) is 39.7 Å². The Morgan fingerprint density at radius 2 is 2.19 bits per heavy atom. The highest BCUT2D eigenvalue weighted by Crippen LogP contribution is 2.30. The molecule has 116 valence electrons. The third kappa shape index (κ3) is 5.76. The first kappa shape index (κ1) is 15.8. The van der Waals surface area contributed by atoms with Crippen LogP contribution in [-0.2, 0) is 16.1 Å². The number of hydrogen-bond acceptors (Lipinski definition) is 4. The van der Waals surface area contributed by atoms with Gasteiger partial charge in [0.25, 0.3) is 0 Å². The van der Waals surface area contributed by atoms with Gasteiger partial charge in [0.1, 0.15) is 5.75 Å². The van der Waals surface area contributed by atoms with E-state index in [1.165, 1.54) is 24.0 Å². The lowest BCUT2D eigenvalue weighted by molar-refractivity contribution is -0.142. The maximum Gasteiger partial charge on any atom is 0.307 e. The van der Waals surface area contributed by atoms with E-state index in [1.54, 1.807) is 0 Å². The van der Waals surface area contributed by atoms with Crippen LogP contribution in [0.5, 0.6) is 5.75 Å². The van der Waals surface area contributed by atoms with Crippen LogP contribution in [0.4, 0.5) is 0 Å². The van der Waals surface area contributed by atoms with Gasteiger partial charge in [0.15, 0.2) is 0 Å². The van der Waals surface area contributed by atoms with Crippen molar-refractivity contribution in [3.05, 3.63) is 29.3 Å². The number of aryl methyl sites for hydroxylation is 1. The molecule has 4 heteroatoms. The molecule has 1 saturated carbocycles. The zero-order chi connectivity index (χ0) is 15.1. The number of rotatable bonds is 9. The molecule has 0 atom stereocenters. The highest BCUT2D eigenvalue weighted by Gasteiger charge is 2.22. The molecule has 1 N–H and O–H groups in total. The van der Waals surface area contributed by atoms with Gasteiger partial charge in [-0.15, -0.1) is 0 Å². The summed E-state index contributed by atoms with van der Waals surface area (Å²) in [5, 5.41) is 3.26. The lowest BCUT2D eigenvalue weighted by atomic mass is 10.1. The number of esters is 1. The third-order valence-electron chi connectivity index (χ3n) is 3.55. The fourth-order valence-electron chi connectivity index (χ4n) is 2.13. The standard InChI is InChI=1S/C17H25NO3/c1-3-20-17(19)8-9-18-11-15-6-7-16(13(2)10-15)21-12-14-4-5-14/h6-7,10,14,18H,3-5,8-9,11-12H2,1-2H3. The smallest absolute Gasteiger partial charge is 0.307 e. The second-order valence-electron chi connectivity index (χ2n) is 5.59. The summed E-state index contributed by atoms with van der Waals surface area (Å²) < 4.78 is 10.7. The summed E-state index contributed by atoms with van der Waals surface area (Å²) in [6.45, 7) is 6.57. The molecule has 0 radical (unpaired) electrons. The minimum absolute atomic E-state index is 0.148. The van der Waals surface area contributed by atoms with Gasteiger partial charge >= 0.3 is 5.97 Å². The van der Waals surface area contributed by atoms with Gasteiger partial charge in [-0.3, -0.25) is 4.79 Å². The van der Waals surface area contributed by atoms with E-state index >= 15 is 0 Å². The van der Waals surface area contributed by atoms with Crippen LogP contribution in [0.2, 0.25) is 0 Å². The predicted molar refractivity (Wildman–Crippen MR) is 82.4 cm³/mol. The van der Waals surface area contributed by atoms with Crippen molar-refractivity contribution in [1.82, 2.24) is 5.32 Å². The fourth-order valence-corrected chi connectivity index (χ4v) is 2.13. The van der Waals surface area contributed by atoms with Gasteiger partial charge in [0, 0.05) is 13.1 Å². The summed E-state index contributed by atoms with van der Waals surface area (Å²) in [4.78, 5) is 11.2. The molecule has 4 nitrogen and oxygen atoms in total. The molecular formula is C17H25NO3. The molecule has 1 fully saturated rings. The van der Waals surface area contributed by atoms with Gasteiger partial charge in [-0.2, -0.15) is 0 Å². The van der Waals surface area contributed by atoms with E-state index < -0.39 is 0 Å². The molecule has 2 rings (SSSR count). The Morgan fingerprint density at radius 1 is 1.38 bits per heavy atom. The Kier molecular flexibility index (Phi) is 6.05. The maximum atomic E-state index is 11.2. The molecule has 1 aliphatic carbocycles. The SMILES string of the molecule is CCOC(=O)CCNCc1ccc(OCC2CC2)c(C)c1. The Morgan fingerprint density at radius 3 is 2.86 bits per heavy atom. The normalized spacial score (nSPS) is 14.0. The molecule has 0 unspecified atom stereocenters. The van der Waals surface area contributed by atoms with E-state index in [-0.39, 0.29) is 5.97 Å². The Hall–Kier alpha value is -1.55. The zero-order valence-corrected chi connectivity index (χ0v) is 13.0. The van der Waals surface area contributed by atoms with Crippen LogP contribution in [0.1, 0.15) is 37.3 Å². The lowest BCUT2D eigenvalue weighted by Gasteiger charge is -2.11. The summed E-state index contributed by atoms with van der Waals surface area (Å²) in [6.07, 6.45) is 3.03. The van der Waals surface area contributed by atoms with Crippen molar-refractivity contribution in [2.24, 2.45) is 5.92 Å². The van der Waals surface area contributed by atoms with E-state index in [1.807, 2.05) is 13.0 Å². The number of carbonyl (C=O) groups is 1. The van der Waals surface area contributed by atoms with Crippen LogP contribution >= 0.6 is 0 Å². The number of hydrogen-bond donors (Lipinski definition) is 1. The molecule has 0 aromatic heterocycles. The highest BCUT2D eigenvalue weighted by molar-refractivity contribution is 5.69. The van der Waals surface area contributed by atoms with Crippen molar-refractivity contribution < 1.29 is 14.3 Å². The van der Waals surface area contributed by atoms with Gasteiger partial charge in [0.2, 0.25) is 0 Å². The molecule has 1 aliphatic rings. The lowest BCUT2D eigenvalue weighted by Crippen LogP contribution is -2.19. The van der Waals surface area contributed by atoms with E-state index in [0.29, 0.717) is 19.6 Å². The van der Waals surface area contributed by atoms with Crippen molar-refractivity contribution in [3.8, 4) is 5.75 Å². The second kappa shape index (κ2) is 8.03. The average molecular weight is 291 g/mol.